The minimum absolute atomic E-state index is 0.124. The number of anilines is 1. The van der Waals surface area contributed by atoms with Crippen LogP contribution in [0.4, 0.5) is 19.0 Å². The standard InChI is InChI=1S/C26H22ClF3N4O3S/c27-22-12-19(26(28,29)30)14-31-24(22)33(38-21-4-2-17(3-5-21)25(35)36)15-16-1-6-23-18(11-16)13-32-34(23)20-7-9-37-10-8-20/h1-6,11-14,20H,7-10,15H2,(H,35,36). The van der Waals surface area contributed by atoms with E-state index in [1.54, 1.807) is 22.6 Å². The van der Waals surface area contributed by atoms with E-state index in [9.17, 15) is 23.1 Å². The van der Waals surface area contributed by atoms with Crippen molar-refractivity contribution in [1.29, 1.82) is 0 Å². The Kier molecular flexibility index (Phi) is 7.51. The highest BCUT2D eigenvalue weighted by molar-refractivity contribution is 8.00. The molecule has 0 amide bonds. The van der Waals surface area contributed by atoms with Crippen molar-refractivity contribution in [1.82, 2.24) is 14.8 Å². The van der Waals surface area contributed by atoms with Crippen molar-refractivity contribution in [2.24, 2.45) is 0 Å². The third kappa shape index (κ3) is 5.74. The van der Waals surface area contributed by atoms with Crippen LogP contribution in [0.15, 0.2) is 65.8 Å². The van der Waals surface area contributed by atoms with Crippen LogP contribution in [0.5, 0.6) is 0 Å². The summed E-state index contributed by atoms with van der Waals surface area (Å²) in [5, 5.41) is 14.6. The van der Waals surface area contributed by atoms with Gasteiger partial charge in [0.25, 0.3) is 0 Å². The fraction of sp³-hybridized carbons (Fsp3) is 0.269. The zero-order chi connectivity index (χ0) is 26.9. The van der Waals surface area contributed by atoms with E-state index in [-0.39, 0.29) is 29.0 Å². The van der Waals surface area contributed by atoms with Crippen LogP contribution in [0.25, 0.3) is 10.9 Å². The molecule has 2 aromatic heterocycles. The third-order valence-electron chi connectivity index (χ3n) is 6.23. The molecule has 198 valence electrons. The molecule has 4 aromatic rings. The number of fused-ring (bicyclic) bond motifs is 1. The second-order valence-corrected chi connectivity index (χ2v) is 10.3. The molecule has 1 aliphatic heterocycles. The van der Waals surface area contributed by atoms with Gasteiger partial charge in [-0.2, -0.15) is 18.3 Å². The summed E-state index contributed by atoms with van der Waals surface area (Å²) < 4.78 is 48.8. The van der Waals surface area contributed by atoms with Gasteiger partial charge in [0.1, 0.15) is 0 Å². The number of halogens is 4. The van der Waals surface area contributed by atoms with Crippen LogP contribution >= 0.6 is 23.5 Å². The van der Waals surface area contributed by atoms with Gasteiger partial charge in [-0.15, -0.1) is 0 Å². The fourth-order valence-electron chi connectivity index (χ4n) is 4.29. The molecule has 0 radical (unpaired) electrons. The largest absolute Gasteiger partial charge is 0.478 e. The summed E-state index contributed by atoms with van der Waals surface area (Å²) in [6.45, 7) is 1.66. The van der Waals surface area contributed by atoms with Crippen molar-refractivity contribution in [2.75, 3.05) is 17.5 Å². The molecular formula is C26H22ClF3N4O3S. The summed E-state index contributed by atoms with van der Waals surface area (Å²) in [4.78, 5) is 15.9. The summed E-state index contributed by atoms with van der Waals surface area (Å²) >= 11 is 7.49. The normalized spacial score (nSPS) is 14.6. The molecule has 0 unspecified atom stereocenters. The van der Waals surface area contributed by atoms with Crippen molar-refractivity contribution in [3.8, 4) is 0 Å². The Labute approximate surface area is 225 Å². The van der Waals surface area contributed by atoms with Crippen molar-refractivity contribution in [3.05, 3.63) is 82.6 Å². The van der Waals surface area contributed by atoms with E-state index in [0.717, 1.165) is 41.6 Å². The Hall–Kier alpha value is -3.28. The van der Waals surface area contributed by atoms with Crippen LogP contribution in [-0.2, 0) is 17.5 Å². The number of carboxylic acid groups (broad SMARTS) is 1. The maximum atomic E-state index is 13.2. The molecule has 0 atom stereocenters. The first-order valence-electron chi connectivity index (χ1n) is 11.7. The van der Waals surface area contributed by atoms with Gasteiger partial charge in [-0.1, -0.05) is 17.7 Å². The first-order valence-corrected chi connectivity index (χ1v) is 12.9. The molecule has 0 aliphatic carbocycles. The molecule has 2 aromatic carbocycles. The van der Waals surface area contributed by atoms with Crippen LogP contribution in [0.1, 0.15) is 40.4 Å². The maximum absolute atomic E-state index is 13.2. The molecule has 12 heteroatoms. The van der Waals surface area contributed by atoms with Gasteiger partial charge in [0.05, 0.1) is 40.4 Å². The maximum Gasteiger partial charge on any atom is 0.417 e. The molecular weight excluding hydrogens is 541 g/mol. The zero-order valence-corrected chi connectivity index (χ0v) is 21.4. The van der Waals surface area contributed by atoms with Crippen LogP contribution < -0.4 is 4.31 Å². The number of nitrogens with zero attached hydrogens (tertiary/aromatic N) is 4. The van der Waals surface area contributed by atoms with Crippen molar-refractivity contribution in [3.63, 3.8) is 0 Å². The van der Waals surface area contributed by atoms with E-state index in [0.29, 0.717) is 18.1 Å². The summed E-state index contributed by atoms with van der Waals surface area (Å²) in [6, 6.07) is 13.2. The van der Waals surface area contributed by atoms with E-state index in [4.69, 9.17) is 16.3 Å². The van der Waals surface area contributed by atoms with Gasteiger partial charge in [-0.05, 0) is 72.8 Å². The smallest absolute Gasteiger partial charge is 0.417 e. The summed E-state index contributed by atoms with van der Waals surface area (Å²) in [6.07, 6.45) is -0.234. The molecule has 1 saturated heterocycles. The molecule has 1 N–H and O–H groups in total. The highest BCUT2D eigenvalue weighted by atomic mass is 35.5. The lowest BCUT2D eigenvalue weighted by Crippen LogP contribution is -2.20. The first kappa shape index (κ1) is 26.3. The quantitative estimate of drug-likeness (QED) is 0.246. The number of aromatic carboxylic acids is 1. The Morgan fingerprint density at radius 3 is 2.53 bits per heavy atom. The SMILES string of the molecule is O=C(O)c1ccc(SN(Cc2ccc3c(cnn3C3CCOCC3)c2)c2ncc(C(F)(F)F)cc2Cl)cc1. The number of pyridine rings is 1. The Bertz CT molecular complexity index is 1460. The molecule has 7 nitrogen and oxygen atoms in total. The van der Waals surface area contributed by atoms with Crippen molar-refractivity contribution in [2.45, 2.75) is 36.5 Å². The van der Waals surface area contributed by atoms with Gasteiger partial charge in [0.2, 0.25) is 0 Å². The summed E-state index contributed by atoms with van der Waals surface area (Å²) in [7, 11) is 0. The van der Waals surface area contributed by atoms with E-state index in [2.05, 4.69) is 10.1 Å². The number of alkyl halides is 3. The van der Waals surface area contributed by atoms with E-state index in [1.165, 1.54) is 24.1 Å². The molecule has 0 bridgehead atoms. The molecule has 1 aliphatic rings. The van der Waals surface area contributed by atoms with Crippen molar-refractivity contribution >= 4 is 46.2 Å². The highest BCUT2D eigenvalue weighted by Gasteiger charge is 2.32. The molecule has 0 spiro atoms. The lowest BCUT2D eigenvalue weighted by Gasteiger charge is -2.24. The van der Waals surface area contributed by atoms with Crippen molar-refractivity contribution < 1.29 is 27.8 Å². The summed E-state index contributed by atoms with van der Waals surface area (Å²) in [5.74, 6) is -0.898. The molecule has 1 fully saturated rings. The second kappa shape index (κ2) is 10.8. The number of hydrogen-bond acceptors (Lipinski definition) is 6. The predicted octanol–water partition coefficient (Wildman–Crippen LogP) is 6.87. The highest BCUT2D eigenvalue weighted by Crippen LogP contribution is 2.38. The lowest BCUT2D eigenvalue weighted by molar-refractivity contribution is -0.137. The molecule has 5 rings (SSSR count). The lowest BCUT2D eigenvalue weighted by atomic mass is 10.1. The predicted molar refractivity (Wildman–Crippen MR) is 139 cm³/mol. The van der Waals surface area contributed by atoms with Crippen LogP contribution in [0.3, 0.4) is 0 Å². The minimum Gasteiger partial charge on any atom is -0.478 e. The molecule has 3 heterocycles. The average molecular weight is 563 g/mol. The van der Waals surface area contributed by atoms with Gasteiger partial charge >= 0.3 is 12.1 Å². The average Bonchev–Trinajstić information content (AvgIpc) is 3.32. The van der Waals surface area contributed by atoms with E-state index < -0.39 is 17.7 Å². The second-order valence-electron chi connectivity index (χ2n) is 8.81. The van der Waals surface area contributed by atoms with E-state index >= 15 is 0 Å². The van der Waals surface area contributed by atoms with Crippen LogP contribution in [-0.4, -0.2) is 39.1 Å². The van der Waals surface area contributed by atoms with Gasteiger partial charge in [0, 0.05) is 29.7 Å². The number of hydrogen-bond donors (Lipinski definition) is 1. The Balaban J connectivity index is 1.46. The van der Waals surface area contributed by atoms with Gasteiger partial charge in [-0.25, -0.2) is 9.78 Å². The van der Waals surface area contributed by atoms with Gasteiger partial charge < -0.3 is 9.84 Å². The zero-order valence-electron chi connectivity index (χ0n) is 19.9. The third-order valence-corrected chi connectivity index (χ3v) is 7.51. The number of carboxylic acids is 1. The number of ether oxygens (including phenoxy) is 1. The number of carbonyl (C=O) groups is 1. The summed E-state index contributed by atoms with van der Waals surface area (Å²) in [5.41, 5.74) is 1.05. The Morgan fingerprint density at radius 1 is 1.13 bits per heavy atom. The minimum atomic E-state index is -4.57. The molecule has 38 heavy (non-hydrogen) atoms. The van der Waals surface area contributed by atoms with Gasteiger partial charge in [-0.3, -0.25) is 8.99 Å². The fourth-order valence-corrected chi connectivity index (χ4v) is 5.57. The first-order chi connectivity index (χ1) is 18.2. The molecule has 0 saturated carbocycles. The topological polar surface area (TPSA) is 80.5 Å². The number of rotatable bonds is 7. The number of aromatic nitrogens is 3. The number of benzene rings is 2. The van der Waals surface area contributed by atoms with E-state index in [1.807, 2.05) is 22.9 Å². The van der Waals surface area contributed by atoms with Gasteiger partial charge in [0.15, 0.2) is 5.82 Å². The Morgan fingerprint density at radius 2 is 1.87 bits per heavy atom. The van der Waals surface area contributed by atoms with Crippen LogP contribution in [0.2, 0.25) is 5.02 Å². The van der Waals surface area contributed by atoms with Crippen LogP contribution in [0, 0.1) is 0 Å². The monoisotopic (exact) mass is 562 g/mol.